The number of hydrogen-bond acceptors (Lipinski definition) is 4. The van der Waals surface area contributed by atoms with E-state index in [9.17, 15) is 4.79 Å². The maximum absolute atomic E-state index is 11.2. The van der Waals surface area contributed by atoms with Gasteiger partial charge in [-0.1, -0.05) is 0 Å². The van der Waals surface area contributed by atoms with Gasteiger partial charge in [-0.15, -0.1) is 0 Å². The van der Waals surface area contributed by atoms with Gasteiger partial charge in [-0.05, 0) is 6.92 Å². The van der Waals surface area contributed by atoms with Gasteiger partial charge >= 0.3 is 5.97 Å². The number of ether oxygens (including phenoxy) is 1. The van der Waals surface area contributed by atoms with E-state index in [0.29, 0.717) is 12.1 Å². The van der Waals surface area contributed by atoms with E-state index in [1.165, 1.54) is 7.11 Å². The van der Waals surface area contributed by atoms with Gasteiger partial charge in [0.25, 0.3) is 0 Å². The molecule has 0 aliphatic rings. The Balaban J connectivity index is 3.06. The first-order valence-corrected chi connectivity index (χ1v) is 4.24. The average molecular weight is 193 g/mol. The van der Waals surface area contributed by atoms with Crippen molar-refractivity contribution in [1.82, 2.24) is 9.78 Å². The Morgan fingerprint density at radius 1 is 1.79 bits per heavy atom. The molecule has 0 N–H and O–H groups in total. The summed E-state index contributed by atoms with van der Waals surface area (Å²) in [6, 6.07) is 1.98. The van der Waals surface area contributed by atoms with Crippen molar-refractivity contribution in [3.8, 4) is 6.07 Å². The molecule has 0 aliphatic heterocycles. The van der Waals surface area contributed by atoms with E-state index in [1.54, 1.807) is 10.9 Å². The van der Waals surface area contributed by atoms with Crippen molar-refractivity contribution >= 4 is 5.97 Å². The quantitative estimate of drug-likeness (QED) is 0.664. The number of hydrogen-bond donors (Lipinski definition) is 0. The SMILES string of the molecule is CCn1cc(CC#N)c(C(=O)OC)n1. The molecule has 0 amide bonds. The third-order valence-corrected chi connectivity index (χ3v) is 1.81. The first kappa shape index (κ1) is 10.3. The largest absolute Gasteiger partial charge is 0.464 e. The van der Waals surface area contributed by atoms with Crippen molar-refractivity contribution in [2.24, 2.45) is 0 Å². The molecule has 1 heterocycles. The van der Waals surface area contributed by atoms with Crippen molar-refractivity contribution in [2.75, 3.05) is 7.11 Å². The fourth-order valence-corrected chi connectivity index (χ4v) is 1.11. The van der Waals surface area contributed by atoms with Gasteiger partial charge in [0.15, 0.2) is 5.69 Å². The summed E-state index contributed by atoms with van der Waals surface area (Å²) in [6.45, 7) is 2.57. The Hall–Kier alpha value is -1.83. The lowest BCUT2D eigenvalue weighted by Gasteiger charge is -1.95. The van der Waals surface area contributed by atoms with E-state index in [1.807, 2.05) is 13.0 Å². The molecule has 0 radical (unpaired) electrons. The van der Waals surface area contributed by atoms with Gasteiger partial charge in [0, 0.05) is 18.3 Å². The lowest BCUT2D eigenvalue weighted by atomic mass is 10.2. The summed E-state index contributed by atoms with van der Waals surface area (Å²) in [7, 11) is 1.30. The van der Waals surface area contributed by atoms with E-state index in [4.69, 9.17) is 5.26 Å². The molecule has 14 heavy (non-hydrogen) atoms. The monoisotopic (exact) mass is 193 g/mol. The molecule has 5 nitrogen and oxygen atoms in total. The molecule has 1 aromatic heterocycles. The summed E-state index contributed by atoms with van der Waals surface area (Å²) in [5.41, 5.74) is 0.845. The van der Waals surface area contributed by atoms with E-state index in [0.717, 1.165) is 0 Å². The second-order valence-corrected chi connectivity index (χ2v) is 2.69. The van der Waals surface area contributed by atoms with Crippen molar-refractivity contribution < 1.29 is 9.53 Å². The highest BCUT2D eigenvalue weighted by atomic mass is 16.5. The Labute approximate surface area is 81.9 Å². The number of nitriles is 1. The second-order valence-electron chi connectivity index (χ2n) is 2.69. The zero-order valence-electron chi connectivity index (χ0n) is 8.15. The van der Waals surface area contributed by atoms with Crippen LogP contribution < -0.4 is 0 Å². The molecular formula is C9H11N3O2. The summed E-state index contributed by atoms with van der Waals surface area (Å²) < 4.78 is 6.17. The smallest absolute Gasteiger partial charge is 0.358 e. The lowest BCUT2D eigenvalue weighted by molar-refractivity contribution is 0.0592. The molecule has 0 unspecified atom stereocenters. The van der Waals surface area contributed by atoms with Crippen molar-refractivity contribution in [2.45, 2.75) is 19.9 Å². The molecular weight excluding hydrogens is 182 g/mol. The van der Waals surface area contributed by atoms with Crippen LogP contribution in [-0.2, 0) is 17.7 Å². The zero-order valence-corrected chi connectivity index (χ0v) is 8.15. The summed E-state index contributed by atoms with van der Waals surface area (Å²) >= 11 is 0. The minimum atomic E-state index is -0.498. The van der Waals surface area contributed by atoms with Crippen LogP contribution >= 0.6 is 0 Å². The Morgan fingerprint density at radius 2 is 2.50 bits per heavy atom. The lowest BCUT2D eigenvalue weighted by Crippen LogP contribution is -2.06. The highest BCUT2D eigenvalue weighted by molar-refractivity contribution is 5.88. The van der Waals surface area contributed by atoms with Crippen molar-refractivity contribution in [1.29, 1.82) is 5.26 Å². The minimum absolute atomic E-state index is 0.171. The van der Waals surface area contributed by atoms with Crippen LogP contribution in [0.3, 0.4) is 0 Å². The van der Waals surface area contributed by atoms with Crippen LogP contribution in [0.4, 0.5) is 0 Å². The number of esters is 1. The van der Waals surface area contributed by atoms with Gasteiger partial charge in [-0.2, -0.15) is 10.4 Å². The number of rotatable bonds is 3. The van der Waals surface area contributed by atoms with Gasteiger partial charge in [-0.25, -0.2) is 4.79 Å². The summed E-state index contributed by atoms with van der Waals surface area (Å²) in [4.78, 5) is 11.2. The van der Waals surface area contributed by atoms with Crippen molar-refractivity contribution in [3.05, 3.63) is 17.5 Å². The van der Waals surface area contributed by atoms with Gasteiger partial charge < -0.3 is 4.74 Å². The topological polar surface area (TPSA) is 67.9 Å². The number of carbonyl (C=O) groups excluding carboxylic acids is 1. The predicted octanol–water partition coefficient (Wildman–Crippen LogP) is 0.756. The third-order valence-electron chi connectivity index (χ3n) is 1.81. The van der Waals surface area contributed by atoms with Crippen LogP contribution in [0.2, 0.25) is 0 Å². The molecule has 1 aromatic rings. The maximum Gasteiger partial charge on any atom is 0.358 e. The highest BCUT2D eigenvalue weighted by Gasteiger charge is 2.16. The first-order valence-electron chi connectivity index (χ1n) is 4.24. The number of carbonyl (C=O) groups is 1. The fraction of sp³-hybridized carbons (Fsp3) is 0.444. The average Bonchev–Trinajstić information content (AvgIpc) is 2.61. The van der Waals surface area contributed by atoms with E-state index >= 15 is 0 Å². The summed E-state index contributed by atoms with van der Waals surface area (Å²) in [5.74, 6) is -0.498. The molecule has 0 aromatic carbocycles. The zero-order chi connectivity index (χ0) is 10.6. The van der Waals surface area contributed by atoms with Crippen LogP contribution in [0.15, 0.2) is 6.20 Å². The third kappa shape index (κ3) is 1.91. The molecule has 0 atom stereocenters. The standard InChI is InChI=1S/C9H11N3O2/c1-3-12-6-7(4-5-10)8(11-12)9(13)14-2/h6H,3-4H2,1-2H3. The van der Waals surface area contributed by atoms with E-state index in [-0.39, 0.29) is 12.1 Å². The predicted molar refractivity (Wildman–Crippen MR) is 48.6 cm³/mol. The fourth-order valence-electron chi connectivity index (χ4n) is 1.11. The summed E-state index contributed by atoms with van der Waals surface area (Å²) in [6.07, 6.45) is 1.86. The molecule has 0 spiro atoms. The van der Waals surface area contributed by atoms with Crippen LogP contribution in [0.25, 0.3) is 0 Å². The Bertz CT molecular complexity index is 376. The molecule has 5 heteroatoms. The van der Waals surface area contributed by atoms with Gasteiger partial charge in [0.2, 0.25) is 0 Å². The van der Waals surface area contributed by atoms with Crippen LogP contribution in [0.1, 0.15) is 23.0 Å². The van der Waals surface area contributed by atoms with Crippen molar-refractivity contribution in [3.63, 3.8) is 0 Å². The molecule has 1 rings (SSSR count). The number of aromatic nitrogens is 2. The summed E-state index contributed by atoms with van der Waals surface area (Å²) in [5, 5.41) is 12.6. The second kappa shape index (κ2) is 4.42. The molecule has 0 bridgehead atoms. The van der Waals surface area contributed by atoms with Crippen LogP contribution in [0.5, 0.6) is 0 Å². The first-order chi connectivity index (χ1) is 6.72. The molecule has 74 valence electrons. The molecule has 0 saturated heterocycles. The van der Waals surface area contributed by atoms with E-state index < -0.39 is 5.97 Å². The van der Waals surface area contributed by atoms with E-state index in [2.05, 4.69) is 9.84 Å². The molecule has 0 fully saturated rings. The number of methoxy groups -OCH3 is 1. The Morgan fingerprint density at radius 3 is 3.00 bits per heavy atom. The van der Waals surface area contributed by atoms with Crippen LogP contribution in [-0.4, -0.2) is 22.9 Å². The van der Waals surface area contributed by atoms with Gasteiger partial charge in [-0.3, -0.25) is 4.68 Å². The van der Waals surface area contributed by atoms with Gasteiger partial charge in [0.1, 0.15) is 0 Å². The maximum atomic E-state index is 11.2. The normalized spacial score (nSPS) is 9.50. The number of aryl methyl sites for hydroxylation is 1. The molecule has 0 aliphatic carbocycles. The molecule has 0 saturated carbocycles. The van der Waals surface area contributed by atoms with Gasteiger partial charge in [0.05, 0.1) is 19.6 Å². The Kier molecular flexibility index (Phi) is 3.24. The minimum Gasteiger partial charge on any atom is -0.464 e. The highest BCUT2D eigenvalue weighted by Crippen LogP contribution is 2.08. The number of nitrogens with zero attached hydrogens (tertiary/aromatic N) is 3. The van der Waals surface area contributed by atoms with Crippen LogP contribution in [0, 0.1) is 11.3 Å².